The molecule has 0 spiro atoms. The van der Waals surface area contributed by atoms with Crippen molar-refractivity contribution in [3.05, 3.63) is 57.9 Å². The summed E-state index contributed by atoms with van der Waals surface area (Å²) in [4.78, 5) is 12.9. The fourth-order valence-electron chi connectivity index (χ4n) is 2.07. The minimum atomic E-state index is -0.471. The molecule has 0 saturated carbocycles. The molecule has 0 aliphatic carbocycles. The molecular weight excluding hydrogens is 286 g/mol. The van der Waals surface area contributed by atoms with Crippen LogP contribution in [-0.2, 0) is 4.74 Å². The van der Waals surface area contributed by atoms with Crippen molar-refractivity contribution in [2.24, 2.45) is 0 Å². The zero-order valence-corrected chi connectivity index (χ0v) is 12.4. The van der Waals surface area contributed by atoms with Crippen LogP contribution in [0.1, 0.15) is 23.5 Å². The van der Waals surface area contributed by atoms with Crippen LogP contribution in [0.25, 0.3) is 6.08 Å². The number of hydrogen-bond donors (Lipinski definition) is 1. The van der Waals surface area contributed by atoms with E-state index < -0.39 is 6.09 Å². The minimum absolute atomic E-state index is 0.298. The standard InChI is InChI=1S/C16H15NO3S/c1-11(12-5-3-2-4-6-12)20-16(18)17-13-9-15-14(19-10-13)7-8-21-15/h2-9,11H,10H2,1H3,(H,17,18). The Labute approximate surface area is 127 Å². The summed E-state index contributed by atoms with van der Waals surface area (Å²) in [7, 11) is 0. The van der Waals surface area contributed by atoms with Crippen molar-refractivity contribution < 1.29 is 14.3 Å². The average Bonchev–Trinajstić information content (AvgIpc) is 2.95. The van der Waals surface area contributed by atoms with Gasteiger partial charge < -0.3 is 9.47 Å². The maximum atomic E-state index is 11.9. The van der Waals surface area contributed by atoms with E-state index in [1.54, 1.807) is 11.3 Å². The quantitative estimate of drug-likeness (QED) is 0.933. The van der Waals surface area contributed by atoms with Crippen LogP contribution in [0.3, 0.4) is 0 Å². The SMILES string of the molecule is CC(OC(=O)NC1=Cc2sccc2OC1)c1ccccc1. The Morgan fingerprint density at radius 2 is 2.14 bits per heavy atom. The van der Waals surface area contributed by atoms with Crippen LogP contribution in [-0.4, -0.2) is 12.7 Å². The molecule has 5 heteroatoms. The van der Waals surface area contributed by atoms with E-state index in [-0.39, 0.29) is 6.10 Å². The van der Waals surface area contributed by atoms with Crippen LogP contribution in [0.4, 0.5) is 4.79 Å². The molecule has 3 rings (SSSR count). The molecule has 1 amide bonds. The number of carbonyl (C=O) groups excluding carboxylic acids is 1. The molecule has 108 valence electrons. The highest BCUT2D eigenvalue weighted by Crippen LogP contribution is 2.30. The van der Waals surface area contributed by atoms with Gasteiger partial charge in [-0.3, -0.25) is 5.32 Å². The highest BCUT2D eigenvalue weighted by atomic mass is 32.1. The van der Waals surface area contributed by atoms with Gasteiger partial charge in [-0.25, -0.2) is 4.79 Å². The fourth-order valence-corrected chi connectivity index (χ4v) is 2.87. The van der Waals surface area contributed by atoms with Crippen LogP contribution in [0.2, 0.25) is 0 Å². The van der Waals surface area contributed by atoms with E-state index in [9.17, 15) is 4.79 Å². The number of benzene rings is 1. The number of fused-ring (bicyclic) bond motifs is 1. The molecule has 0 fully saturated rings. The summed E-state index contributed by atoms with van der Waals surface area (Å²) >= 11 is 1.57. The van der Waals surface area contributed by atoms with Gasteiger partial charge in [0.05, 0.1) is 10.6 Å². The highest BCUT2D eigenvalue weighted by molar-refractivity contribution is 7.11. The minimum Gasteiger partial charge on any atom is -0.486 e. The van der Waals surface area contributed by atoms with Crippen molar-refractivity contribution in [2.75, 3.05) is 6.61 Å². The Hall–Kier alpha value is -2.27. The average molecular weight is 301 g/mol. The van der Waals surface area contributed by atoms with Gasteiger partial charge in [0.2, 0.25) is 0 Å². The highest BCUT2D eigenvalue weighted by Gasteiger charge is 2.16. The van der Waals surface area contributed by atoms with E-state index in [1.165, 1.54) is 0 Å². The lowest BCUT2D eigenvalue weighted by Gasteiger charge is -2.18. The maximum Gasteiger partial charge on any atom is 0.412 e. The zero-order chi connectivity index (χ0) is 14.7. The lowest BCUT2D eigenvalue weighted by molar-refractivity contribution is 0.109. The van der Waals surface area contributed by atoms with E-state index in [1.807, 2.05) is 54.8 Å². The lowest BCUT2D eigenvalue weighted by atomic mass is 10.1. The molecule has 1 unspecified atom stereocenters. The van der Waals surface area contributed by atoms with Crippen LogP contribution in [0.15, 0.2) is 47.5 Å². The number of thiophene rings is 1. The molecule has 1 atom stereocenters. The molecule has 0 saturated heterocycles. The van der Waals surface area contributed by atoms with E-state index in [0.29, 0.717) is 12.3 Å². The van der Waals surface area contributed by atoms with Gasteiger partial charge in [-0.05, 0) is 30.0 Å². The van der Waals surface area contributed by atoms with Gasteiger partial charge in [0.25, 0.3) is 0 Å². The third-order valence-electron chi connectivity index (χ3n) is 3.16. The summed E-state index contributed by atoms with van der Waals surface area (Å²) in [5.41, 5.74) is 1.66. The Morgan fingerprint density at radius 1 is 1.33 bits per heavy atom. The molecule has 21 heavy (non-hydrogen) atoms. The topological polar surface area (TPSA) is 47.6 Å². The number of amides is 1. The Balaban J connectivity index is 1.60. The maximum absolute atomic E-state index is 11.9. The van der Waals surface area contributed by atoms with Crippen molar-refractivity contribution in [3.63, 3.8) is 0 Å². The third-order valence-corrected chi connectivity index (χ3v) is 4.01. The van der Waals surface area contributed by atoms with Gasteiger partial charge in [-0.2, -0.15) is 0 Å². The van der Waals surface area contributed by atoms with E-state index in [2.05, 4.69) is 5.32 Å². The third kappa shape index (κ3) is 3.25. The molecule has 4 nitrogen and oxygen atoms in total. The summed E-state index contributed by atoms with van der Waals surface area (Å²) in [6.07, 6.45) is 1.15. The molecule has 1 aliphatic rings. The second-order valence-corrected chi connectivity index (χ2v) is 5.64. The first kappa shape index (κ1) is 13.7. The molecule has 1 aromatic heterocycles. The van der Waals surface area contributed by atoms with E-state index in [0.717, 1.165) is 16.2 Å². The summed E-state index contributed by atoms with van der Waals surface area (Å²) in [5, 5.41) is 4.69. The van der Waals surface area contributed by atoms with Gasteiger partial charge in [-0.1, -0.05) is 30.3 Å². The number of carbonyl (C=O) groups is 1. The first-order valence-corrected chi connectivity index (χ1v) is 7.54. The van der Waals surface area contributed by atoms with E-state index in [4.69, 9.17) is 9.47 Å². The summed E-state index contributed by atoms with van der Waals surface area (Å²) < 4.78 is 10.9. The molecule has 0 bridgehead atoms. The molecule has 1 N–H and O–H groups in total. The van der Waals surface area contributed by atoms with Crippen molar-refractivity contribution in [1.29, 1.82) is 0 Å². The molecule has 2 aromatic rings. The molecular formula is C16H15NO3S. The lowest BCUT2D eigenvalue weighted by Crippen LogP contribution is -2.28. The largest absolute Gasteiger partial charge is 0.486 e. The smallest absolute Gasteiger partial charge is 0.412 e. The first-order valence-electron chi connectivity index (χ1n) is 6.66. The van der Waals surface area contributed by atoms with Gasteiger partial charge in [0, 0.05) is 0 Å². The van der Waals surface area contributed by atoms with Crippen molar-refractivity contribution in [3.8, 4) is 5.75 Å². The van der Waals surface area contributed by atoms with Gasteiger partial charge >= 0.3 is 6.09 Å². The van der Waals surface area contributed by atoms with Gasteiger partial charge in [-0.15, -0.1) is 11.3 Å². The Morgan fingerprint density at radius 3 is 2.95 bits per heavy atom. The number of ether oxygens (including phenoxy) is 2. The second-order valence-electron chi connectivity index (χ2n) is 4.69. The Bertz CT molecular complexity index is 663. The predicted molar refractivity (Wildman–Crippen MR) is 82.3 cm³/mol. The molecule has 2 heterocycles. The molecule has 1 aromatic carbocycles. The number of hydrogen-bond acceptors (Lipinski definition) is 4. The van der Waals surface area contributed by atoms with Crippen molar-refractivity contribution in [1.82, 2.24) is 5.32 Å². The van der Waals surface area contributed by atoms with Crippen LogP contribution in [0, 0.1) is 0 Å². The summed E-state index contributed by atoms with van der Waals surface area (Å²) in [6, 6.07) is 11.5. The summed E-state index contributed by atoms with van der Waals surface area (Å²) in [6.45, 7) is 2.19. The molecule has 0 radical (unpaired) electrons. The fraction of sp³-hybridized carbons (Fsp3) is 0.188. The number of alkyl carbamates (subject to hydrolysis) is 1. The number of rotatable bonds is 3. The summed E-state index contributed by atoms with van der Waals surface area (Å²) in [5.74, 6) is 0.858. The second kappa shape index (κ2) is 6.01. The molecule has 1 aliphatic heterocycles. The number of nitrogens with one attached hydrogen (secondary N) is 1. The monoisotopic (exact) mass is 301 g/mol. The van der Waals surface area contributed by atoms with Gasteiger partial charge in [0.15, 0.2) is 0 Å². The zero-order valence-electron chi connectivity index (χ0n) is 11.5. The van der Waals surface area contributed by atoms with E-state index >= 15 is 0 Å². The first-order chi connectivity index (χ1) is 10.2. The van der Waals surface area contributed by atoms with Crippen molar-refractivity contribution >= 4 is 23.5 Å². The van der Waals surface area contributed by atoms with Gasteiger partial charge in [0.1, 0.15) is 18.5 Å². The van der Waals surface area contributed by atoms with Crippen LogP contribution in [0.5, 0.6) is 5.75 Å². The Kier molecular flexibility index (Phi) is 3.92. The van der Waals surface area contributed by atoms with Crippen molar-refractivity contribution in [2.45, 2.75) is 13.0 Å². The van der Waals surface area contributed by atoms with Crippen LogP contribution >= 0.6 is 11.3 Å². The normalized spacial score (nSPS) is 14.4. The predicted octanol–water partition coefficient (Wildman–Crippen LogP) is 3.97. The van der Waals surface area contributed by atoms with Crippen LogP contribution < -0.4 is 10.1 Å².